The van der Waals surface area contributed by atoms with Crippen molar-refractivity contribution in [3.05, 3.63) is 35.8 Å². The van der Waals surface area contributed by atoms with Gasteiger partial charge in [0.2, 0.25) is 0 Å². The van der Waals surface area contributed by atoms with Crippen molar-refractivity contribution < 1.29 is 9.53 Å². The van der Waals surface area contributed by atoms with Gasteiger partial charge in [0.1, 0.15) is 29.4 Å². The Labute approximate surface area is 205 Å². The Morgan fingerprint density at radius 3 is 2.63 bits per heavy atom. The molecule has 0 radical (unpaired) electrons. The molecule has 2 aromatic rings. The van der Waals surface area contributed by atoms with Gasteiger partial charge in [-0.2, -0.15) is 5.26 Å². The van der Waals surface area contributed by atoms with Crippen molar-refractivity contribution in [2.45, 2.75) is 76.0 Å². The van der Waals surface area contributed by atoms with Gasteiger partial charge in [-0.05, 0) is 58.6 Å². The first-order chi connectivity index (χ1) is 16.8. The fourth-order valence-electron chi connectivity index (χ4n) is 6.35. The Kier molecular flexibility index (Phi) is 4.92. The second-order valence-corrected chi connectivity index (χ2v) is 11.2. The highest BCUT2D eigenvalue weighted by Gasteiger charge is 2.53. The van der Waals surface area contributed by atoms with Gasteiger partial charge in [0, 0.05) is 36.8 Å². The van der Waals surface area contributed by atoms with Crippen LogP contribution in [0.2, 0.25) is 0 Å². The molecule has 1 saturated carbocycles. The minimum absolute atomic E-state index is 0.0117. The second-order valence-electron chi connectivity index (χ2n) is 11.2. The highest BCUT2D eigenvalue weighted by molar-refractivity contribution is 5.75. The third-order valence-corrected chi connectivity index (χ3v) is 7.99. The van der Waals surface area contributed by atoms with E-state index in [1.165, 1.54) is 12.0 Å². The zero-order valence-electron chi connectivity index (χ0n) is 20.6. The first kappa shape index (κ1) is 22.1. The monoisotopic (exact) mass is 473 g/mol. The predicted molar refractivity (Wildman–Crippen MR) is 131 cm³/mol. The van der Waals surface area contributed by atoms with Crippen molar-refractivity contribution in [1.82, 2.24) is 19.9 Å². The summed E-state index contributed by atoms with van der Waals surface area (Å²) in [5.41, 5.74) is 1.32. The van der Waals surface area contributed by atoms with Crippen LogP contribution in [0.5, 0.6) is 0 Å². The number of ether oxygens (including phenoxy) is 1. The molecule has 1 amide bonds. The highest BCUT2D eigenvalue weighted by atomic mass is 16.6. The van der Waals surface area contributed by atoms with E-state index in [9.17, 15) is 10.1 Å². The summed E-state index contributed by atoms with van der Waals surface area (Å²) in [6, 6.07) is 6.16. The summed E-state index contributed by atoms with van der Waals surface area (Å²) in [7, 11) is 0. The average Bonchev–Trinajstić information content (AvgIpc) is 3.49. The molecule has 0 bridgehead atoms. The number of carbonyl (C=O) groups excluding carboxylic acids is 1. The predicted octanol–water partition coefficient (Wildman–Crippen LogP) is 3.90. The summed E-state index contributed by atoms with van der Waals surface area (Å²) in [5.74, 6) is 2.67. The van der Waals surface area contributed by atoms with Crippen molar-refractivity contribution in [1.29, 1.82) is 5.26 Å². The van der Waals surface area contributed by atoms with Crippen LogP contribution >= 0.6 is 0 Å². The lowest BCUT2D eigenvalue weighted by Crippen LogP contribution is -2.43. The number of likely N-dealkylation sites (tertiary alicyclic amines) is 1. The van der Waals surface area contributed by atoms with Crippen LogP contribution in [0.1, 0.15) is 64.0 Å². The summed E-state index contributed by atoms with van der Waals surface area (Å²) in [4.78, 5) is 33.5. The largest absolute Gasteiger partial charge is 0.444 e. The van der Waals surface area contributed by atoms with Gasteiger partial charge < -0.3 is 19.4 Å². The third-order valence-electron chi connectivity index (χ3n) is 7.99. The number of aromatic nitrogens is 3. The molecular formula is C26H31N7O2. The Bertz CT molecular complexity index is 1210. The molecule has 4 aliphatic rings. The fraction of sp³-hybridized carbons (Fsp3) is 0.577. The van der Waals surface area contributed by atoms with Crippen molar-refractivity contribution in [2.75, 3.05) is 29.4 Å². The molecule has 2 saturated heterocycles. The molecule has 182 valence electrons. The van der Waals surface area contributed by atoms with Gasteiger partial charge in [-0.1, -0.05) is 6.42 Å². The number of pyridine rings is 1. The number of amides is 1. The van der Waals surface area contributed by atoms with Crippen molar-refractivity contribution in [3.63, 3.8) is 0 Å². The lowest BCUT2D eigenvalue weighted by atomic mass is 9.66. The number of rotatable bonds is 2. The van der Waals surface area contributed by atoms with Crippen LogP contribution in [0.15, 0.2) is 24.7 Å². The minimum atomic E-state index is -0.502. The molecule has 2 atom stereocenters. The van der Waals surface area contributed by atoms with Crippen LogP contribution < -0.4 is 9.80 Å². The zero-order valence-corrected chi connectivity index (χ0v) is 20.6. The maximum Gasteiger partial charge on any atom is 0.410 e. The number of nitrogens with zero attached hydrogens (tertiary/aromatic N) is 7. The molecule has 1 spiro atoms. The van der Waals surface area contributed by atoms with E-state index >= 15 is 0 Å². The van der Waals surface area contributed by atoms with E-state index in [1.807, 2.05) is 31.7 Å². The first-order valence-corrected chi connectivity index (χ1v) is 12.6. The number of hydrogen-bond donors (Lipinski definition) is 0. The summed E-state index contributed by atoms with van der Waals surface area (Å²) in [5, 5.41) is 9.39. The molecule has 9 heteroatoms. The number of carbonyl (C=O) groups is 1. The van der Waals surface area contributed by atoms with Gasteiger partial charge in [-0.25, -0.2) is 19.7 Å². The van der Waals surface area contributed by atoms with E-state index in [1.54, 1.807) is 18.6 Å². The fourth-order valence-corrected chi connectivity index (χ4v) is 6.35. The normalized spacial score (nSPS) is 24.2. The van der Waals surface area contributed by atoms with Crippen molar-refractivity contribution >= 4 is 23.5 Å². The summed E-state index contributed by atoms with van der Waals surface area (Å²) < 4.78 is 5.69. The van der Waals surface area contributed by atoms with Gasteiger partial charge in [-0.15, -0.1) is 0 Å². The Morgan fingerprint density at radius 2 is 1.91 bits per heavy atom. The molecular weight excluding hydrogens is 442 g/mol. The maximum absolute atomic E-state index is 12.9. The Balaban J connectivity index is 1.34. The standard InChI is InChI=1S/C26H31N7O2/c1-25(2,3)35-24(34)32-12-7-18-19(32)6-11-31(18)22-21-23(30-16-29-22)33(15-26(21)8-4-9-26)20-13-17(14-27)5-10-28-20/h5,10,13,16,18-19H,4,6-9,11-12,15H2,1-3H3. The van der Waals surface area contributed by atoms with Crippen LogP contribution in [0.25, 0.3) is 0 Å². The topological polar surface area (TPSA) is 98.5 Å². The molecule has 3 fully saturated rings. The minimum Gasteiger partial charge on any atom is -0.444 e. The summed E-state index contributed by atoms with van der Waals surface area (Å²) in [6.07, 6.45) is 8.32. The van der Waals surface area contributed by atoms with Gasteiger partial charge in [0.25, 0.3) is 0 Å². The molecule has 35 heavy (non-hydrogen) atoms. The zero-order chi connectivity index (χ0) is 24.4. The van der Waals surface area contributed by atoms with Crippen LogP contribution in [-0.4, -0.2) is 63.3 Å². The molecule has 6 rings (SSSR count). The lowest BCUT2D eigenvalue weighted by Gasteiger charge is -2.40. The number of hydrogen-bond acceptors (Lipinski definition) is 8. The Morgan fingerprint density at radius 1 is 1.14 bits per heavy atom. The SMILES string of the molecule is CC(C)(C)OC(=O)N1CCC2C1CCN2c1ncnc2c1C1(CCC1)CN2c1cc(C#N)ccn1. The van der Waals surface area contributed by atoms with E-state index in [-0.39, 0.29) is 23.6 Å². The van der Waals surface area contributed by atoms with Crippen molar-refractivity contribution in [2.24, 2.45) is 0 Å². The number of nitriles is 1. The van der Waals surface area contributed by atoms with E-state index < -0.39 is 5.60 Å². The van der Waals surface area contributed by atoms with Crippen LogP contribution in [-0.2, 0) is 10.2 Å². The average molecular weight is 474 g/mol. The highest BCUT2D eigenvalue weighted by Crippen LogP contribution is 2.56. The second kappa shape index (κ2) is 7.80. The molecule has 3 aliphatic heterocycles. The number of anilines is 3. The van der Waals surface area contributed by atoms with Crippen LogP contribution in [0.3, 0.4) is 0 Å². The smallest absolute Gasteiger partial charge is 0.410 e. The molecule has 5 heterocycles. The molecule has 9 nitrogen and oxygen atoms in total. The number of fused-ring (bicyclic) bond motifs is 3. The molecule has 2 aromatic heterocycles. The summed E-state index contributed by atoms with van der Waals surface area (Å²) >= 11 is 0. The lowest BCUT2D eigenvalue weighted by molar-refractivity contribution is 0.0228. The third kappa shape index (κ3) is 3.49. The van der Waals surface area contributed by atoms with Gasteiger partial charge in [-0.3, -0.25) is 0 Å². The molecule has 1 aliphatic carbocycles. The van der Waals surface area contributed by atoms with Gasteiger partial charge in [0.05, 0.1) is 23.7 Å². The summed E-state index contributed by atoms with van der Waals surface area (Å²) in [6.45, 7) is 8.10. The van der Waals surface area contributed by atoms with Gasteiger partial charge >= 0.3 is 6.09 Å². The molecule has 2 unspecified atom stereocenters. The van der Waals surface area contributed by atoms with E-state index in [2.05, 4.69) is 20.9 Å². The first-order valence-electron chi connectivity index (χ1n) is 12.6. The molecule has 0 aromatic carbocycles. The molecule has 0 N–H and O–H groups in total. The van der Waals surface area contributed by atoms with E-state index in [0.29, 0.717) is 12.1 Å². The van der Waals surface area contributed by atoms with Crippen LogP contribution in [0.4, 0.5) is 22.2 Å². The Hall–Kier alpha value is -3.41. The van der Waals surface area contributed by atoms with Crippen LogP contribution in [0, 0.1) is 11.3 Å². The van der Waals surface area contributed by atoms with E-state index in [4.69, 9.17) is 14.7 Å². The maximum atomic E-state index is 12.9. The van der Waals surface area contributed by atoms with E-state index in [0.717, 1.165) is 56.2 Å². The van der Waals surface area contributed by atoms with Gasteiger partial charge in [0.15, 0.2) is 0 Å². The van der Waals surface area contributed by atoms with Crippen molar-refractivity contribution in [3.8, 4) is 6.07 Å². The quantitative estimate of drug-likeness (QED) is 0.648.